The van der Waals surface area contributed by atoms with Crippen LogP contribution in [0.15, 0.2) is 39.2 Å². The van der Waals surface area contributed by atoms with E-state index in [1.165, 1.54) is 0 Å². The van der Waals surface area contributed by atoms with Crippen molar-refractivity contribution in [3.63, 3.8) is 0 Å². The van der Waals surface area contributed by atoms with Gasteiger partial charge < -0.3 is 15.5 Å². The maximum absolute atomic E-state index is 11.9. The molecule has 0 saturated heterocycles. The molecule has 0 aliphatic carbocycles. The fourth-order valence-corrected chi connectivity index (χ4v) is 1.85. The largest absolute Gasteiger partial charge is 0.455 e. The number of aryl methyl sites for hydroxylation is 1. The summed E-state index contributed by atoms with van der Waals surface area (Å²) in [6.07, 6.45) is 0. The van der Waals surface area contributed by atoms with Crippen molar-refractivity contribution in [2.75, 3.05) is 5.32 Å². The Morgan fingerprint density at radius 2 is 2.17 bits per heavy atom. The lowest BCUT2D eigenvalue weighted by Crippen LogP contribution is -2.10. The van der Waals surface area contributed by atoms with Crippen molar-refractivity contribution in [2.24, 2.45) is 5.73 Å². The third-order valence-corrected chi connectivity index (χ3v) is 3.37. The van der Waals surface area contributed by atoms with E-state index in [0.29, 0.717) is 11.4 Å². The van der Waals surface area contributed by atoms with E-state index in [4.69, 9.17) is 10.2 Å². The Labute approximate surface area is 113 Å². The molecule has 0 atom stereocenters. The number of nitrogens with two attached hydrogens (primary N) is 1. The highest BCUT2D eigenvalue weighted by Crippen LogP contribution is 2.21. The number of halogens is 1. The van der Waals surface area contributed by atoms with Gasteiger partial charge in [0.05, 0.1) is 6.54 Å². The Hall–Kier alpha value is -1.59. The second-order valence-electron chi connectivity index (χ2n) is 3.89. The SMILES string of the molecule is Cc1ccc(NC(=O)c2ccc(CN)o2)cc1Br. The number of hydrogen-bond acceptors (Lipinski definition) is 3. The lowest BCUT2D eigenvalue weighted by molar-refractivity contribution is 0.0995. The Bertz CT molecular complexity index is 578. The highest BCUT2D eigenvalue weighted by atomic mass is 79.9. The van der Waals surface area contributed by atoms with Crippen molar-refractivity contribution in [1.82, 2.24) is 0 Å². The van der Waals surface area contributed by atoms with Crippen molar-refractivity contribution in [2.45, 2.75) is 13.5 Å². The summed E-state index contributed by atoms with van der Waals surface area (Å²) in [6.45, 7) is 2.26. The maximum Gasteiger partial charge on any atom is 0.291 e. The normalized spacial score (nSPS) is 10.4. The average molecular weight is 309 g/mol. The van der Waals surface area contributed by atoms with Gasteiger partial charge in [-0.1, -0.05) is 22.0 Å². The molecular formula is C13H13BrN2O2. The summed E-state index contributed by atoms with van der Waals surface area (Å²) >= 11 is 3.42. The van der Waals surface area contributed by atoms with E-state index in [-0.39, 0.29) is 18.2 Å². The Balaban J connectivity index is 2.13. The quantitative estimate of drug-likeness (QED) is 0.915. The van der Waals surface area contributed by atoms with Crippen LogP contribution in [0.1, 0.15) is 21.9 Å². The van der Waals surface area contributed by atoms with E-state index >= 15 is 0 Å². The standard InChI is InChI=1S/C13H13BrN2O2/c1-8-2-3-9(6-11(8)14)16-13(17)12-5-4-10(7-15)18-12/h2-6H,7,15H2,1H3,(H,16,17). The Kier molecular flexibility index (Phi) is 3.84. The number of anilines is 1. The van der Waals surface area contributed by atoms with Gasteiger partial charge in [0.25, 0.3) is 5.91 Å². The first-order valence-electron chi connectivity index (χ1n) is 5.46. The van der Waals surface area contributed by atoms with Gasteiger partial charge in [-0.2, -0.15) is 0 Å². The van der Waals surface area contributed by atoms with Gasteiger partial charge >= 0.3 is 0 Å². The third kappa shape index (κ3) is 2.80. The molecule has 4 nitrogen and oxygen atoms in total. The minimum absolute atomic E-state index is 0.257. The lowest BCUT2D eigenvalue weighted by Gasteiger charge is -2.05. The fraction of sp³-hybridized carbons (Fsp3) is 0.154. The number of carbonyl (C=O) groups is 1. The Morgan fingerprint density at radius 3 is 2.78 bits per heavy atom. The zero-order chi connectivity index (χ0) is 13.1. The molecule has 0 bridgehead atoms. The number of amides is 1. The topological polar surface area (TPSA) is 68.3 Å². The molecule has 1 aromatic heterocycles. The van der Waals surface area contributed by atoms with Crippen LogP contribution in [0.25, 0.3) is 0 Å². The molecule has 0 fully saturated rings. The van der Waals surface area contributed by atoms with E-state index < -0.39 is 0 Å². The van der Waals surface area contributed by atoms with E-state index in [2.05, 4.69) is 21.2 Å². The molecule has 18 heavy (non-hydrogen) atoms. The number of carbonyl (C=O) groups excluding carboxylic acids is 1. The predicted molar refractivity (Wildman–Crippen MR) is 73.4 cm³/mol. The molecule has 0 saturated carbocycles. The van der Waals surface area contributed by atoms with Gasteiger partial charge in [-0.3, -0.25) is 4.79 Å². The monoisotopic (exact) mass is 308 g/mol. The fourth-order valence-electron chi connectivity index (χ4n) is 1.47. The van der Waals surface area contributed by atoms with Gasteiger partial charge in [0.1, 0.15) is 5.76 Å². The molecule has 1 amide bonds. The van der Waals surface area contributed by atoms with Crippen LogP contribution < -0.4 is 11.1 Å². The first kappa shape index (κ1) is 12.9. The van der Waals surface area contributed by atoms with E-state index in [9.17, 15) is 4.79 Å². The Morgan fingerprint density at radius 1 is 1.39 bits per heavy atom. The van der Waals surface area contributed by atoms with Crippen molar-refractivity contribution < 1.29 is 9.21 Å². The molecule has 1 heterocycles. The van der Waals surface area contributed by atoms with Crippen LogP contribution in [0.4, 0.5) is 5.69 Å². The molecule has 0 unspecified atom stereocenters. The highest BCUT2D eigenvalue weighted by Gasteiger charge is 2.11. The van der Waals surface area contributed by atoms with E-state index in [1.807, 2.05) is 25.1 Å². The molecule has 2 aromatic rings. The lowest BCUT2D eigenvalue weighted by atomic mass is 10.2. The highest BCUT2D eigenvalue weighted by molar-refractivity contribution is 9.10. The summed E-state index contributed by atoms with van der Waals surface area (Å²) in [7, 11) is 0. The number of benzene rings is 1. The number of hydrogen-bond donors (Lipinski definition) is 2. The van der Waals surface area contributed by atoms with Crippen LogP contribution >= 0.6 is 15.9 Å². The second kappa shape index (κ2) is 5.37. The van der Waals surface area contributed by atoms with Gasteiger partial charge in [-0.05, 0) is 36.8 Å². The van der Waals surface area contributed by atoms with Gasteiger partial charge in [0.15, 0.2) is 5.76 Å². The smallest absolute Gasteiger partial charge is 0.291 e. The van der Waals surface area contributed by atoms with Crippen LogP contribution in [0.3, 0.4) is 0 Å². The number of rotatable bonds is 3. The van der Waals surface area contributed by atoms with Crippen LogP contribution in [0.5, 0.6) is 0 Å². The van der Waals surface area contributed by atoms with Crippen LogP contribution in [0, 0.1) is 6.92 Å². The third-order valence-electron chi connectivity index (χ3n) is 2.52. The first-order chi connectivity index (χ1) is 8.60. The van der Waals surface area contributed by atoms with Crippen LogP contribution in [-0.2, 0) is 6.54 Å². The molecule has 2 rings (SSSR count). The summed E-state index contributed by atoms with van der Waals surface area (Å²) in [5.74, 6) is 0.558. The summed E-state index contributed by atoms with van der Waals surface area (Å²) < 4.78 is 6.22. The zero-order valence-electron chi connectivity index (χ0n) is 9.87. The molecule has 0 radical (unpaired) electrons. The minimum atomic E-state index is -0.287. The number of nitrogens with one attached hydrogen (secondary N) is 1. The van der Waals surface area contributed by atoms with Gasteiger partial charge in [0.2, 0.25) is 0 Å². The molecule has 94 valence electrons. The van der Waals surface area contributed by atoms with Gasteiger partial charge in [-0.15, -0.1) is 0 Å². The molecule has 0 aliphatic heterocycles. The van der Waals surface area contributed by atoms with Crippen molar-refractivity contribution in [3.8, 4) is 0 Å². The van der Waals surface area contributed by atoms with Crippen molar-refractivity contribution in [1.29, 1.82) is 0 Å². The maximum atomic E-state index is 11.9. The van der Waals surface area contributed by atoms with Crippen molar-refractivity contribution >= 4 is 27.5 Å². The van der Waals surface area contributed by atoms with Gasteiger partial charge in [-0.25, -0.2) is 0 Å². The molecule has 5 heteroatoms. The summed E-state index contributed by atoms with van der Waals surface area (Å²) in [6, 6.07) is 8.92. The molecular weight excluding hydrogens is 296 g/mol. The average Bonchev–Trinajstić information content (AvgIpc) is 2.82. The predicted octanol–water partition coefficient (Wildman–Crippen LogP) is 3.06. The second-order valence-corrected chi connectivity index (χ2v) is 4.74. The summed E-state index contributed by atoms with van der Waals surface area (Å²) in [5, 5.41) is 2.76. The number of furan rings is 1. The van der Waals surface area contributed by atoms with Gasteiger partial charge in [0, 0.05) is 10.2 Å². The molecule has 3 N–H and O–H groups in total. The van der Waals surface area contributed by atoms with Crippen molar-refractivity contribution in [3.05, 3.63) is 51.9 Å². The molecule has 0 spiro atoms. The minimum Gasteiger partial charge on any atom is -0.455 e. The summed E-state index contributed by atoms with van der Waals surface area (Å²) in [4.78, 5) is 11.9. The van der Waals surface area contributed by atoms with E-state index in [1.54, 1.807) is 12.1 Å². The molecule has 1 aromatic carbocycles. The van der Waals surface area contributed by atoms with Crippen LogP contribution in [-0.4, -0.2) is 5.91 Å². The zero-order valence-corrected chi connectivity index (χ0v) is 11.5. The summed E-state index contributed by atoms with van der Waals surface area (Å²) in [5.41, 5.74) is 7.24. The van der Waals surface area contributed by atoms with Crippen LogP contribution in [0.2, 0.25) is 0 Å². The first-order valence-corrected chi connectivity index (χ1v) is 6.25. The van der Waals surface area contributed by atoms with E-state index in [0.717, 1.165) is 10.0 Å². The molecule has 0 aliphatic rings.